The minimum atomic E-state index is -1.04. The molecule has 0 atom stereocenters. The summed E-state index contributed by atoms with van der Waals surface area (Å²) in [5, 5.41) is 5.37. The molecule has 0 aromatic heterocycles. The van der Waals surface area contributed by atoms with Crippen LogP contribution in [0.25, 0.3) is 0 Å². The van der Waals surface area contributed by atoms with Gasteiger partial charge in [-0.1, -0.05) is 17.7 Å². The number of carbonyl (C=O) groups excluding carboxylic acids is 2. The lowest BCUT2D eigenvalue weighted by Crippen LogP contribution is -2.25. The van der Waals surface area contributed by atoms with Gasteiger partial charge in [-0.2, -0.15) is 0 Å². The average molecular weight is 384 g/mol. The van der Waals surface area contributed by atoms with Crippen molar-refractivity contribution in [3.8, 4) is 0 Å². The zero-order valence-electron chi connectivity index (χ0n) is 15.4. The molecule has 28 heavy (non-hydrogen) atoms. The third-order valence-electron chi connectivity index (χ3n) is 4.68. The molecule has 3 rings (SSSR count). The molecule has 1 aliphatic carbocycles. The Bertz CT molecular complexity index is 909. The summed E-state index contributed by atoms with van der Waals surface area (Å²) in [5.74, 6) is -2.79. The van der Waals surface area contributed by atoms with Crippen LogP contribution in [0.5, 0.6) is 0 Å². The molecule has 0 unspecified atom stereocenters. The van der Waals surface area contributed by atoms with Crippen LogP contribution in [0.1, 0.15) is 52.8 Å². The molecule has 2 amide bonds. The van der Waals surface area contributed by atoms with Crippen LogP contribution in [0.4, 0.5) is 14.5 Å². The molecule has 1 aliphatic rings. The normalized spacial score (nSPS) is 13.6. The van der Waals surface area contributed by atoms with Crippen molar-refractivity contribution in [3.05, 3.63) is 76.9 Å². The highest BCUT2D eigenvalue weighted by Crippen LogP contribution is 2.19. The van der Waals surface area contributed by atoms with Gasteiger partial charge in [-0.3, -0.25) is 9.59 Å². The summed E-state index contributed by atoms with van der Waals surface area (Å²) in [7, 11) is 0. The monoisotopic (exact) mass is 384 g/mol. The lowest BCUT2D eigenvalue weighted by molar-refractivity contribution is 0.0954. The van der Waals surface area contributed by atoms with E-state index in [-0.39, 0.29) is 17.2 Å². The van der Waals surface area contributed by atoms with E-state index in [9.17, 15) is 18.4 Å². The van der Waals surface area contributed by atoms with E-state index in [0.717, 1.165) is 31.4 Å². The van der Waals surface area contributed by atoms with Gasteiger partial charge in [0.15, 0.2) is 11.6 Å². The van der Waals surface area contributed by atoms with Crippen LogP contribution in [0.15, 0.2) is 54.1 Å². The fraction of sp³-hybridized carbons (Fsp3) is 0.273. The largest absolute Gasteiger partial charge is 0.352 e. The molecule has 0 bridgehead atoms. The summed E-state index contributed by atoms with van der Waals surface area (Å²) in [5.41, 5.74) is 2.15. The first-order chi connectivity index (χ1) is 13.5. The number of carbonyl (C=O) groups is 2. The standard InChI is InChI=1S/C22H22F2N2O2/c23-19-10-9-18(14-20(19)24)26-22(28)17-8-4-7-16(13-17)21(27)25-12-11-15-5-2-1-3-6-15/h4-5,7-10,13-14H,1-3,6,11-12H2,(H,25,27)(H,26,28). The molecule has 0 aliphatic heterocycles. The molecule has 0 saturated carbocycles. The highest BCUT2D eigenvalue weighted by molar-refractivity contribution is 6.06. The number of amides is 2. The van der Waals surface area contributed by atoms with E-state index < -0.39 is 17.5 Å². The van der Waals surface area contributed by atoms with Crippen molar-refractivity contribution >= 4 is 17.5 Å². The predicted octanol–water partition coefficient (Wildman–Crippen LogP) is 4.84. The second kappa shape index (κ2) is 9.26. The zero-order chi connectivity index (χ0) is 19.9. The summed E-state index contributed by atoms with van der Waals surface area (Å²) in [6.07, 6.45) is 7.72. The topological polar surface area (TPSA) is 58.2 Å². The van der Waals surface area contributed by atoms with Gasteiger partial charge >= 0.3 is 0 Å². The fourth-order valence-corrected chi connectivity index (χ4v) is 3.15. The first-order valence-electron chi connectivity index (χ1n) is 9.35. The number of hydrogen-bond acceptors (Lipinski definition) is 2. The van der Waals surface area contributed by atoms with Gasteiger partial charge in [-0.25, -0.2) is 8.78 Å². The average Bonchev–Trinajstić information content (AvgIpc) is 2.71. The van der Waals surface area contributed by atoms with Gasteiger partial charge in [0.05, 0.1) is 0 Å². The molecular formula is C22H22F2N2O2. The van der Waals surface area contributed by atoms with Crippen molar-refractivity contribution in [3.63, 3.8) is 0 Å². The molecule has 2 aromatic rings. The van der Waals surface area contributed by atoms with Crippen molar-refractivity contribution in [1.82, 2.24) is 5.32 Å². The quantitative estimate of drug-likeness (QED) is 0.701. The zero-order valence-corrected chi connectivity index (χ0v) is 15.4. The number of hydrogen-bond donors (Lipinski definition) is 2. The van der Waals surface area contributed by atoms with E-state index in [2.05, 4.69) is 16.7 Å². The minimum absolute atomic E-state index is 0.138. The molecule has 4 nitrogen and oxygen atoms in total. The molecule has 146 valence electrons. The van der Waals surface area contributed by atoms with Gasteiger partial charge in [-0.05, 0) is 62.4 Å². The van der Waals surface area contributed by atoms with E-state index in [1.165, 1.54) is 30.5 Å². The summed E-state index contributed by atoms with van der Waals surface area (Å²) >= 11 is 0. The molecule has 0 radical (unpaired) electrons. The molecule has 2 aromatic carbocycles. The lowest BCUT2D eigenvalue weighted by atomic mass is 9.97. The molecule has 0 fully saturated rings. The van der Waals surface area contributed by atoms with Crippen LogP contribution in [0.3, 0.4) is 0 Å². The van der Waals surface area contributed by atoms with Crippen LogP contribution in [0.2, 0.25) is 0 Å². The Labute approximate surface area is 162 Å². The Morgan fingerprint density at radius 2 is 1.71 bits per heavy atom. The van der Waals surface area contributed by atoms with Crippen molar-refractivity contribution in [1.29, 1.82) is 0 Å². The number of anilines is 1. The van der Waals surface area contributed by atoms with E-state index in [0.29, 0.717) is 12.1 Å². The van der Waals surface area contributed by atoms with Gasteiger partial charge in [0.2, 0.25) is 0 Å². The van der Waals surface area contributed by atoms with Crippen molar-refractivity contribution in [2.24, 2.45) is 0 Å². The third-order valence-corrected chi connectivity index (χ3v) is 4.68. The molecule has 0 heterocycles. The number of benzene rings is 2. The van der Waals surface area contributed by atoms with Crippen LogP contribution in [-0.4, -0.2) is 18.4 Å². The highest BCUT2D eigenvalue weighted by Gasteiger charge is 2.12. The van der Waals surface area contributed by atoms with E-state index in [4.69, 9.17) is 0 Å². The minimum Gasteiger partial charge on any atom is -0.352 e. The predicted molar refractivity (Wildman–Crippen MR) is 104 cm³/mol. The van der Waals surface area contributed by atoms with E-state index >= 15 is 0 Å². The van der Waals surface area contributed by atoms with Gasteiger partial charge in [-0.15, -0.1) is 0 Å². The van der Waals surface area contributed by atoms with Crippen molar-refractivity contribution in [2.45, 2.75) is 32.1 Å². The van der Waals surface area contributed by atoms with Gasteiger partial charge < -0.3 is 10.6 Å². The second-order valence-electron chi connectivity index (χ2n) is 6.78. The molecule has 2 N–H and O–H groups in total. The molecular weight excluding hydrogens is 362 g/mol. The Hall–Kier alpha value is -3.02. The third kappa shape index (κ3) is 5.25. The maximum Gasteiger partial charge on any atom is 0.255 e. The summed E-state index contributed by atoms with van der Waals surface area (Å²) < 4.78 is 26.3. The van der Waals surface area contributed by atoms with E-state index in [1.54, 1.807) is 18.2 Å². The number of rotatable bonds is 6. The van der Waals surface area contributed by atoms with Gasteiger partial charge in [0, 0.05) is 29.4 Å². The van der Waals surface area contributed by atoms with Crippen LogP contribution in [0, 0.1) is 11.6 Å². The smallest absolute Gasteiger partial charge is 0.255 e. The number of nitrogens with one attached hydrogen (secondary N) is 2. The van der Waals surface area contributed by atoms with Gasteiger partial charge in [0.1, 0.15) is 0 Å². The Balaban J connectivity index is 1.59. The molecule has 0 spiro atoms. The maximum atomic E-state index is 13.3. The Morgan fingerprint density at radius 1 is 0.929 bits per heavy atom. The van der Waals surface area contributed by atoms with Gasteiger partial charge in [0.25, 0.3) is 11.8 Å². The van der Waals surface area contributed by atoms with Crippen LogP contribution < -0.4 is 10.6 Å². The number of allylic oxidation sites excluding steroid dienone is 1. The maximum absolute atomic E-state index is 13.3. The Kier molecular flexibility index (Phi) is 6.53. The highest BCUT2D eigenvalue weighted by atomic mass is 19.2. The first-order valence-corrected chi connectivity index (χ1v) is 9.35. The van der Waals surface area contributed by atoms with Crippen molar-refractivity contribution < 1.29 is 18.4 Å². The summed E-state index contributed by atoms with van der Waals surface area (Å²) in [6.45, 7) is 0.552. The van der Waals surface area contributed by atoms with Crippen molar-refractivity contribution in [2.75, 3.05) is 11.9 Å². The molecule has 0 saturated heterocycles. The van der Waals surface area contributed by atoms with Crippen LogP contribution in [-0.2, 0) is 0 Å². The van der Waals surface area contributed by atoms with E-state index in [1.807, 2.05) is 0 Å². The second-order valence-corrected chi connectivity index (χ2v) is 6.78. The fourth-order valence-electron chi connectivity index (χ4n) is 3.15. The summed E-state index contributed by atoms with van der Waals surface area (Å²) in [6, 6.07) is 9.39. The Morgan fingerprint density at radius 3 is 2.43 bits per heavy atom. The lowest BCUT2D eigenvalue weighted by Gasteiger charge is -2.13. The summed E-state index contributed by atoms with van der Waals surface area (Å²) in [4.78, 5) is 24.7. The number of halogens is 2. The first kappa shape index (κ1) is 19.7. The molecule has 6 heteroatoms. The van der Waals surface area contributed by atoms with Crippen LogP contribution >= 0.6 is 0 Å². The SMILES string of the molecule is O=C(NCCC1=CCCCC1)c1cccc(C(=O)Nc2ccc(F)c(F)c2)c1.